The van der Waals surface area contributed by atoms with Gasteiger partial charge in [0.1, 0.15) is 18.3 Å². The number of aromatic nitrogens is 1. The number of pyridine rings is 1. The molecule has 36 heavy (non-hydrogen) atoms. The van der Waals surface area contributed by atoms with Crippen molar-refractivity contribution in [1.82, 2.24) is 23.0 Å². The highest BCUT2D eigenvalue weighted by Gasteiger charge is 2.44. The molecule has 1 aromatic heterocycles. The molecule has 0 radical (unpaired) electrons. The number of nitrogens with zero attached hydrogens (tertiary/aromatic N) is 1. The van der Waals surface area contributed by atoms with Crippen LogP contribution in [0.1, 0.15) is 11.8 Å². The second-order valence-electron chi connectivity index (χ2n) is 6.93. The zero-order valence-electron chi connectivity index (χ0n) is 19.5. The second-order valence-corrected chi connectivity index (χ2v) is 11.2. The lowest BCUT2D eigenvalue weighted by molar-refractivity contribution is -0.250. The molecular formula is C15H29N4O14P3. The quantitative estimate of drug-likeness (QED) is 0.214. The fourth-order valence-electron chi connectivity index (χ4n) is 3.20. The summed E-state index contributed by atoms with van der Waals surface area (Å²) in [4.78, 5) is 54.5. The SMILES string of the molecule is Cc1cccc2c(=O)n([C@@H]3O[C@H](COP(=O)([O-])OP(=O)([O-])OP(=O)([O-])O)[C@@H](O)[C@H]3O)ccc12.[NH4+].[NH4+].[NH4+]. The third-order valence-electron chi connectivity index (χ3n) is 4.60. The predicted molar refractivity (Wildman–Crippen MR) is 120 cm³/mol. The van der Waals surface area contributed by atoms with Crippen LogP contribution in [0.3, 0.4) is 0 Å². The van der Waals surface area contributed by atoms with E-state index >= 15 is 0 Å². The minimum Gasteiger partial charge on any atom is -0.756 e. The van der Waals surface area contributed by atoms with Gasteiger partial charge in [0.25, 0.3) is 29.0 Å². The standard InChI is InChI=1S/C15H20NO14P3.3H3N/c1-8-3-2-4-10-9(8)5-6-16(14(10)19)15-13(18)12(17)11(28-15)7-27-32(23,24)30-33(25,26)29-31(20,21)22;;;/h2-6,11-13,15,17-18H,7H2,1H3,(H,23,24)(H,25,26)(H2,20,21,22);3*1H3/t11-,12-,13-,15-;;;/m1.../s1. The summed E-state index contributed by atoms with van der Waals surface area (Å²) in [7, 11) is -17.8. The number of ether oxygens (including phenoxy) is 1. The van der Waals surface area contributed by atoms with Gasteiger partial charge in [0.2, 0.25) is 0 Å². The number of hydrogen-bond acceptors (Lipinski definition) is 13. The molecule has 21 heteroatoms. The molecule has 0 saturated carbocycles. The van der Waals surface area contributed by atoms with Crippen molar-refractivity contribution in [2.45, 2.75) is 31.5 Å². The molecule has 7 atom stereocenters. The molecule has 15 N–H and O–H groups in total. The van der Waals surface area contributed by atoms with E-state index in [4.69, 9.17) is 9.63 Å². The van der Waals surface area contributed by atoms with E-state index in [0.29, 0.717) is 10.8 Å². The number of aliphatic hydroxyl groups excluding tert-OH is 2. The Morgan fingerprint density at radius 2 is 1.58 bits per heavy atom. The number of phosphoric acid groups is 3. The van der Waals surface area contributed by atoms with Crippen molar-refractivity contribution in [1.29, 1.82) is 0 Å². The Labute approximate surface area is 203 Å². The summed E-state index contributed by atoms with van der Waals surface area (Å²) in [5, 5.41) is 21.4. The fourth-order valence-corrected chi connectivity index (χ4v) is 6.10. The number of aliphatic hydroxyl groups is 2. The Bertz CT molecular complexity index is 1250. The van der Waals surface area contributed by atoms with E-state index in [2.05, 4.69) is 13.1 Å². The molecule has 1 aliphatic rings. The van der Waals surface area contributed by atoms with Gasteiger partial charge in [-0.15, -0.1) is 0 Å². The van der Waals surface area contributed by atoms with E-state index < -0.39 is 60.2 Å². The summed E-state index contributed by atoms with van der Waals surface area (Å²) in [6.45, 7) is 0.695. The third kappa shape index (κ3) is 8.05. The van der Waals surface area contributed by atoms with E-state index in [-0.39, 0.29) is 18.5 Å². The molecule has 0 amide bonds. The minimum atomic E-state index is -6.09. The van der Waals surface area contributed by atoms with E-state index in [1.807, 2.05) is 0 Å². The first-order chi connectivity index (χ1) is 15.1. The van der Waals surface area contributed by atoms with Crippen LogP contribution in [0.25, 0.3) is 10.8 Å². The van der Waals surface area contributed by atoms with Crippen molar-refractivity contribution in [2.24, 2.45) is 0 Å². The summed E-state index contributed by atoms with van der Waals surface area (Å²) in [6.07, 6.45) is -5.20. The van der Waals surface area contributed by atoms with Crippen molar-refractivity contribution in [3.63, 3.8) is 0 Å². The lowest BCUT2D eigenvalue weighted by atomic mass is 10.1. The lowest BCUT2D eigenvalue weighted by Gasteiger charge is -2.33. The third-order valence-corrected chi connectivity index (χ3v) is 8.29. The normalized spacial score (nSPS) is 26.4. The predicted octanol–water partition coefficient (Wildman–Crippen LogP) is -0.495. The zero-order chi connectivity index (χ0) is 24.8. The average Bonchev–Trinajstić information content (AvgIpc) is 2.93. The summed E-state index contributed by atoms with van der Waals surface area (Å²) in [6, 6.07) is 6.56. The molecule has 3 rings (SSSR count). The maximum Gasteiger partial charge on any atom is 0.280 e. The summed E-state index contributed by atoms with van der Waals surface area (Å²) < 4.78 is 50.5. The van der Waals surface area contributed by atoms with Crippen molar-refractivity contribution in [3.8, 4) is 0 Å². The van der Waals surface area contributed by atoms with E-state index in [9.17, 15) is 43.4 Å². The number of aryl methyl sites for hydroxylation is 1. The lowest BCUT2D eigenvalue weighted by Crippen LogP contribution is -2.35. The number of benzene rings is 1. The molecule has 1 aromatic carbocycles. The summed E-state index contributed by atoms with van der Waals surface area (Å²) in [5.41, 5.74) is 0.249. The first-order valence-corrected chi connectivity index (χ1v) is 13.4. The van der Waals surface area contributed by atoms with Gasteiger partial charge in [-0.2, -0.15) is 0 Å². The van der Waals surface area contributed by atoms with Gasteiger partial charge in [-0.25, -0.2) is 8.62 Å². The first kappa shape index (κ1) is 34.6. The minimum absolute atomic E-state index is 0. The summed E-state index contributed by atoms with van der Waals surface area (Å²) in [5.74, 6) is 0. The topological polar surface area (TPSA) is 350 Å². The highest BCUT2D eigenvalue weighted by Crippen LogP contribution is 2.61. The highest BCUT2D eigenvalue weighted by molar-refractivity contribution is 7.65. The van der Waals surface area contributed by atoms with Crippen LogP contribution in [0.4, 0.5) is 0 Å². The van der Waals surface area contributed by atoms with Gasteiger partial charge in [0.05, 0.1) is 6.61 Å². The molecule has 1 saturated heterocycles. The molecule has 0 spiro atoms. The molecule has 0 aliphatic carbocycles. The van der Waals surface area contributed by atoms with Crippen molar-refractivity contribution >= 4 is 34.2 Å². The Balaban J connectivity index is 0.00000408. The van der Waals surface area contributed by atoms with E-state index in [1.54, 1.807) is 31.2 Å². The van der Waals surface area contributed by atoms with E-state index in [1.165, 1.54) is 6.20 Å². The van der Waals surface area contributed by atoms with Gasteiger partial charge in [-0.1, -0.05) is 12.1 Å². The molecule has 208 valence electrons. The van der Waals surface area contributed by atoms with Crippen molar-refractivity contribution in [2.75, 3.05) is 6.61 Å². The van der Waals surface area contributed by atoms with Crippen LogP contribution >= 0.6 is 23.5 Å². The maximum atomic E-state index is 12.8. The maximum absolute atomic E-state index is 12.8. The summed E-state index contributed by atoms with van der Waals surface area (Å²) >= 11 is 0. The smallest absolute Gasteiger partial charge is 0.280 e. The van der Waals surface area contributed by atoms with Crippen molar-refractivity contribution in [3.05, 3.63) is 46.4 Å². The molecule has 0 bridgehead atoms. The molecular weight excluding hydrogens is 553 g/mol. The molecule has 2 heterocycles. The van der Waals surface area contributed by atoms with Gasteiger partial charge in [-0.3, -0.25) is 23.1 Å². The Hall–Kier alpha value is -1.40. The molecule has 1 fully saturated rings. The van der Waals surface area contributed by atoms with Crippen LogP contribution in [0, 0.1) is 6.92 Å². The Morgan fingerprint density at radius 1 is 0.972 bits per heavy atom. The van der Waals surface area contributed by atoms with Gasteiger partial charge in [0, 0.05) is 11.6 Å². The van der Waals surface area contributed by atoms with Crippen molar-refractivity contribution < 1.29 is 61.4 Å². The number of quaternary nitrogens is 3. The monoisotopic (exact) mass is 582 g/mol. The molecule has 1 aliphatic heterocycles. The fraction of sp³-hybridized carbons (Fsp3) is 0.400. The van der Waals surface area contributed by atoms with Crippen LogP contribution in [-0.2, 0) is 31.6 Å². The number of rotatable bonds is 8. The Morgan fingerprint density at radius 3 is 2.17 bits per heavy atom. The number of hydrogen-bond donors (Lipinski definition) is 6. The largest absolute Gasteiger partial charge is 0.756 e. The Kier molecular flexibility index (Phi) is 11.9. The first-order valence-electron chi connectivity index (χ1n) is 8.95. The van der Waals surface area contributed by atoms with E-state index in [0.717, 1.165) is 10.1 Å². The van der Waals surface area contributed by atoms with Gasteiger partial charge >= 0.3 is 0 Å². The van der Waals surface area contributed by atoms with Crippen LogP contribution < -0.4 is 38.7 Å². The number of fused-ring (bicyclic) bond motifs is 1. The van der Waals surface area contributed by atoms with Crippen LogP contribution in [-0.4, -0.2) is 44.6 Å². The highest BCUT2D eigenvalue weighted by atomic mass is 31.3. The van der Waals surface area contributed by atoms with Gasteiger partial charge in [-0.05, 0) is 30.0 Å². The number of phosphoric ester groups is 1. The molecule has 18 nitrogen and oxygen atoms in total. The van der Waals surface area contributed by atoms with Crippen LogP contribution in [0.2, 0.25) is 0 Å². The van der Waals surface area contributed by atoms with Gasteiger partial charge < -0.3 is 57.5 Å². The van der Waals surface area contributed by atoms with Crippen LogP contribution in [0.5, 0.6) is 0 Å². The zero-order valence-corrected chi connectivity index (χ0v) is 22.2. The van der Waals surface area contributed by atoms with Crippen LogP contribution in [0.15, 0.2) is 35.3 Å². The molecule has 3 unspecified atom stereocenters. The van der Waals surface area contributed by atoms with Gasteiger partial charge in [0.15, 0.2) is 6.23 Å². The second kappa shape index (κ2) is 12.4. The molecule has 2 aromatic rings. The average molecular weight is 582 g/mol.